The second-order valence-corrected chi connectivity index (χ2v) is 8.05. The Morgan fingerprint density at radius 3 is 2.59 bits per heavy atom. The summed E-state index contributed by atoms with van der Waals surface area (Å²) >= 11 is 0. The first-order valence-electron chi connectivity index (χ1n) is 9.19. The van der Waals surface area contributed by atoms with Crippen LogP contribution in [0.5, 0.6) is 0 Å². The van der Waals surface area contributed by atoms with Crippen LogP contribution in [-0.2, 0) is 12.1 Å². The summed E-state index contributed by atoms with van der Waals surface area (Å²) in [5.74, 6) is 1.43. The quantitative estimate of drug-likeness (QED) is 0.745. The summed E-state index contributed by atoms with van der Waals surface area (Å²) in [5, 5.41) is 8.95. The predicted octanol–water partition coefficient (Wildman–Crippen LogP) is 1.49. The van der Waals surface area contributed by atoms with Crippen molar-refractivity contribution < 1.29 is 4.52 Å². The lowest BCUT2D eigenvalue weighted by Crippen LogP contribution is -2.47. The highest BCUT2D eigenvalue weighted by atomic mass is 16.5. The molecular formula is C18H25N7O2. The van der Waals surface area contributed by atoms with E-state index in [2.05, 4.69) is 25.0 Å². The van der Waals surface area contributed by atoms with E-state index in [4.69, 9.17) is 9.51 Å². The molecular weight excluding hydrogens is 346 g/mol. The number of aromatic nitrogens is 5. The molecule has 9 nitrogen and oxygen atoms in total. The van der Waals surface area contributed by atoms with E-state index >= 15 is 0 Å². The zero-order valence-corrected chi connectivity index (χ0v) is 16.2. The molecule has 0 spiro atoms. The maximum absolute atomic E-state index is 12.5. The fourth-order valence-corrected chi connectivity index (χ4v) is 3.39. The zero-order valence-electron chi connectivity index (χ0n) is 16.2. The van der Waals surface area contributed by atoms with Gasteiger partial charge in [-0.25, -0.2) is 4.68 Å². The van der Waals surface area contributed by atoms with Crippen LogP contribution in [-0.4, -0.2) is 56.0 Å². The van der Waals surface area contributed by atoms with Crippen molar-refractivity contribution in [1.82, 2.24) is 29.8 Å². The number of aromatic amines is 1. The monoisotopic (exact) mass is 371 g/mol. The average molecular weight is 371 g/mol. The van der Waals surface area contributed by atoms with Crippen LogP contribution in [0.25, 0.3) is 11.0 Å². The fourth-order valence-electron chi connectivity index (χ4n) is 3.39. The number of rotatable bonds is 3. The first-order valence-corrected chi connectivity index (χ1v) is 9.19. The van der Waals surface area contributed by atoms with E-state index in [9.17, 15) is 4.79 Å². The third-order valence-electron chi connectivity index (χ3n) is 4.80. The van der Waals surface area contributed by atoms with Gasteiger partial charge in [0.1, 0.15) is 11.1 Å². The van der Waals surface area contributed by atoms with Crippen LogP contribution in [0.1, 0.15) is 32.2 Å². The van der Waals surface area contributed by atoms with Gasteiger partial charge in [-0.15, -0.1) is 0 Å². The zero-order chi connectivity index (χ0) is 19.2. The second kappa shape index (κ2) is 6.49. The molecule has 4 heterocycles. The highest BCUT2D eigenvalue weighted by molar-refractivity contribution is 5.74. The molecule has 9 heteroatoms. The van der Waals surface area contributed by atoms with Crippen molar-refractivity contribution in [3.8, 4) is 0 Å². The standard InChI is InChI=1S/C18H25N7O2/c1-12-9-13(22-27-12)11-23-5-7-24(8-6-23)17-20-15-14(16(26)21-17)10-19-25(15)18(2,3)4/h9-10H,5-8,11H2,1-4H3,(H,20,21,26). The number of hydrogen-bond acceptors (Lipinski definition) is 7. The number of piperazine rings is 1. The Morgan fingerprint density at radius 1 is 1.22 bits per heavy atom. The van der Waals surface area contributed by atoms with Gasteiger partial charge in [-0.3, -0.25) is 14.7 Å². The van der Waals surface area contributed by atoms with E-state index in [1.807, 2.05) is 38.4 Å². The molecule has 1 saturated heterocycles. The SMILES string of the molecule is Cc1cc(CN2CCN(c3nc4c(cnn4C(C)(C)C)c(=O)[nH]3)CC2)no1. The van der Waals surface area contributed by atoms with Gasteiger partial charge in [-0.2, -0.15) is 10.1 Å². The summed E-state index contributed by atoms with van der Waals surface area (Å²) in [6.07, 6.45) is 1.59. The Kier molecular flexibility index (Phi) is 4.26. The molecule has 1 fully saturated rings. The lowest BCUT2D eigenvalue weighted by Gasteiger charge is -2.34. The molecule has 3 aromatic heterocycles. The van der Waals surface area contributed by atoms with Crippen LogP contribution in [0.2, 0.25) is 0 Å². The third-order valence-corrected chi connectivity index (χ3v) is 4.80. The molecule has 144 valence electrons. The maximum Gasteiger partial charge on any atom is 0.263 e. The van der Waals surface area contributed by atoms with Crippen LogP contribution in [0.15, 0.2) is 21.6 Å². The summed E-state index contributed by atoms with van der Waals surface area (Å²) in [6, 6.07) is 1.97. The van der Waals surface area contributed by atoms with Gasteiger partial charge in [0.15, 0.2) is 5.65 Å². The minimum Gasteiger partial charge on any atom is -0.361 e. The number of nitrogens with one attached hydrogen (secondary N) is 1. The summed E-state index contributed by atoms with van der Waals surface area (Å²) < 4.78 is 6.95. The minimum atomic E-state index is -0.242. The molecule has 0 aromatic carbocycles. The van der Waals surface area contributed by atoms with Gasteiger partial charge in [0.05, 0.1) is 17.4 Å². The van der Waals surface area contributed by atoms with Crippen molar-refractivity contribution in [3.05, 3.63) is 34.1 Å². The van der Waals surface area contributed by atoms with Crippen molar-refractivity contribution in [2.24, 2.45) is 0 Å². The summed E-state index contributed by atoms with van der Waals surface area (Å²) in [6.45, 7) is 12.1. The van der Waals surface area contributed by atoms with E-state index in [-0.39, 0.29) is 11.1 Å². The molecule has 1 aliphatic heterocycles. The number of nitrogens with zero attached hydrogens (tertiary/aromatic N) is 6. The summed E-state index contributed by atoms with van der Waals surface area (Å²) in [5.41, 5.74) is 1.18. The van der Waals surface area contributed by atoms with E-state index in [0.717, 1.165) is 44.2 Å². The number of aryl methyl sites for hydroxylation is 1. The summed E-state index contributed by atoms with van der Waals surface area (Å²) in [7, 11) is 0. The van der Waals surface area contributed by atoms with Gasteiger partial charge in [-0.1, -0.05) is 5.16 Å². The molecule has 27 heavy (non-hydrogen) atoms. The van der Waals surface area contributed by atoms with Crippen molar-refractivity contribution in [3.63, 3.8) is 0 Å². The number of fused-ring (bicyclic) bond motifs is 1. The van der Waals surface area contributed by atoms with Gasteiger partial charge in [-0.05, 0) is 27.7 Å². The van der Waals surface area contributed by atoms with Gasteiger partial charge in [0.25, 0.3) is 5.56 Å². The average Bonchev–Trinajstić information content (AvgIpc) is 3.21. The number of anilines is 1. The van der Waals surface area contributed by atoms with Crippen molar-refractivity contribution in [1.29, 1.82) is 0 Å². The smallest absolute Gasteiger partial charge is 0.263 e. The maximum atomic E-state index is 12.5. The van der Waals surface area contributed by atoms with Gasteiger partial charge >= 0.3 is 0 Å². The van der Waals surface area contributed by atoms with Gasteiger partial charge in [0.2, 0.25) is 5.95 Å². The van der Waals surface area contributed by atoms with Crippen LogP contribution in [0.4, 0.5) is 5.95 Å². The van der Waals surface area contributed by atoms with E-state index in [1.165, 1.54) is 0 Å². The molecule has 4 rings (SSSR count). The lowest BCUT2D eigenvalue weighted by molar-refractivity contribution is 0.240. The topological polar surface area (TPSA) is 96.1 Å². The molecule has 1 aliphatic rings. The van der Waals surface area contributed by atoms with E-state index in [1.54, 1.807) is 6.20 Å². The molecule has 0 atom stereocenters. The molecule has 0 unspecified atom stereocenters. The number of H-pyrrole nitrogens is 1. The molecule has 0 amide bonds. The van der Waals surface area contributed by atoms with Gasteiger partial charge < -0.3 is 9.42 Å². The molecule has 0 bridgehead atoms. The van der Waals surface area contributed by atoms with Crippen LogP contribution in [0, 0.1) is 6.92 Å². The molecule has 3 aromatic rings. The highest BCUT2D eigenvalue weighted by Crippen LogP contribution is 2.20. The normalized spacial score (nSPS) is 16.4. The lowest BCUT2D eigenvalue weighted by atomic mass is 10.1. The Morgan fingerprint density at radius 2 is 1.96 bits per heavy atom. The fraction of sp³-hybridized carbons (Fsp3) is 0.556. The van der Waals surface area contributed by atoms with Crippen LogP contribution < -0.4 is 10.5 Å². The number of hydrogen-bond donors (Lipinski definition) is 1. The first-order chi connectivity index (χ1) is 12.8. The Labute approximate surface area is 157 Å². The Balaban J connectivity index is 1.52. The largest absolute Gasteiger partial charge is 0.361 e. The Bertz CT molecular complexity index is 1000. The molecule has 0 saturated carbocycles. The van der Waals surface area contributed by atoms with Crippen molar-refractivity contribution in [2.45, 2.75) is 39.8 Å². The summed E-state index contributed by atoms with van der Waals surface area (Å²) in [4.78, 5) is 24.6. The second-order valence-electron chi connectivity index (χ2n) is 8.05. The minimum absolute atomic E-state index is 0.147. The first kappa shape index (κ1) is 17.7. The van der Waals surface area contributed by atoms with E-state index < -0.39 is 0 Å². The molecule has 1 N–H and O–H groups in total. The third kappa shape index (κ3) is 3.46. The van der Waals surface area contributed by atoms with Crippen molar-refractivity contribution >= 4 is 17.0 Å². The van der Waals surface area contributed by atoms with Crippen LogP contribution >= 0.6 is 0 Å². The molecule has 0 aliphatic carbocycles. The predicted molar refractivity (Wildman–Crippen MR) is 102 cm³/mol. The van der Waals surface area contributed by atoms with Gasteiger partial charge in [0, 0.05) is 38.8 Å². The Hall–Kier alpha value is -2.68. The van der Waals surface area contributed by atoms with E-state index in [0.29, 0.717) is 17.0 Å². The highest BCUT2D eigenvalue weighted by Gasteiger charge is 2.23. The van der Waals surface area contributed by atoms with Crippen LogP contribution in [0.3, 0.4) is 0 Å². The van der Waals surface area contributed by atoms with Crippen molar-refractivity contribution in [2.75, 3.05) is 31.1 Å². The molecule has 0 radical (unpaired) electrons.